The van der Waals surface area contributed by atoms with Gasteiger partial charge >= 0.3 is 0 Å². The number of rotatable bonds is 6. The predicted molar refractivity (Wildman–Crippen MR) is 82.0 cm³/mol. The van der Waals surface area contributed by atoms with Crippen molar-refractivity contribution in [3.8, 4) is 5.75 Å². The number of aliphatic hydroxyl groups is 1. The Kier molecular flexibility index (Phi) is 5.07. The first-order valence-electron chi connectivity index (χ1n) is 7.44. The van der Waals surface area contributed by atoms with Crippen molar-refractivity contribution in [2.75, 3.05) is 25.9 Å². The fourth-order valence-electron chi connectivity index (χ4n) is 2.77. The molecule has 0 spiro atoms. The van der Waals surface area contributed by atoms with Crippen molar-refractivity contribution >= 4 is 11.6 Å². The number of carbonyl (C=O) groups excluding carboxylic acids is 1. The molecule has 1 aliphatic carbocycles. The fourth-order valence-corrected chi connectivity index (χ4v) is 2.77. The van der Waals surface area contributed by atoms with Gasteiger partial charge in [0.1, 0.15) is 5.75 Å². The molecule has 3 N–H and O–H groups in total. The van der Waals surface area contributed by atoms with Gasteiger partial charge in [-0.15, -0.1) is 0 Å². The number of amides is 1. The van der Waals surface area contributed by atoms with Gasteiger partial charge in [0.05, 0.1) is 24.3 Å². The third kappa shape index (κ3) is 4.36. The van der Waals surface area contributed by atoms with E-state index in [-0.39, 0.29) is 18.9 Å². The summed E-state index contributed by atoms with van der Waals surface area (Å²) in [5.74, 6) is 0.576. The van der Waals surface area contributed by atoms with Crippen LogP contribution in [-0.4, -0.2) is 41.7 Å². The van der Waals surface area contributed by atoms with Crippen LogP contribution in [0.4, 0.5) is 5.69 Å². The Hall–Kier alpha value is -1.75. The Balaban J connectivity index is 1.75. The average Bonchev–Trinajstić information content (AvgIpc) is 2.87. The number of hydrogen-bond donors (Lipinski definition) is 2. The number of hydrogen-bond acceptors (Lipinski definition) is 4. The second-order valence-corrected chi connectivity index (χ2v) is 5.82. The van der Waals surface area contributed by atoms with E-state index in [1.165, 1.54) is 0 Å². The SMILES string of the molecule is CN(CC1(O)CCCC1)C(=O)CCOc1ccccc1N. The number of likely N-dealkylation sites (N-methyl/N-ethyl adjacent to an activating group) is 1. The van der Waals surface area contributed by atoms with Gasteiger partial charge in [-0.25, -0.2) is 0 Å². The molecule has 0 aliphatic heterocycles. The molecule has 1 saturated carbocycles. The van der Waals surface area contributed by atoms with Crippen LogP contribution in [0.3, 0.4) is 0 Å². The van der Waals surface area contributed by atoms with Gasteiger partial charge in [0.25, 0.3) is 0 Å². The van der Waals surface area contributed by atoms with Crippen molar-refractivity contribution in [1.82, 2.24) is 4.90 Å². The van der Waals surface area contributed by atoms with Gasteiger partial charge in [0.2, 0.25) is 5.91 Å². The number of para-hydroxylation sites is 2. The number of nitrogen functional groups attached to an aromatic ring is 1. The van der Waals surface area contributed by atoms with Gasteiger partial charge < -0.3 is 20.5 Å². The molecule has 0 saturated heterocycles. The number of benzene rings is 1. The van der Waals surface area contributed by atoms with E-state index in [4.69, 9.17) is 10.5 Å². The molecule has 0 aromatic heterocycles. The van der Waals surface area contributed by atoms with Crippen molar-refractivity contribution in [1.29, 1.82) is 0 Å². The zero-order chi connectivity index (χ0) is 15.3. The van der Waals surface area contributed by atoms with E-state index in [1.54, 1.807) is 24.1 Å². The summed E-state index contributed by atoms with van der Waals surface area (Å²) in [4.78, 5) is 13.7. The van der Waals surface area contributed by atoms with Crippen molar-refractivity contribution < 1.29 is 14.6 Å². The standard InChI is InChI=1S/C16H24N2O3/c1-18(12-16(20)9-4-5-10-16)15(19)8-11-21-14-7-3-2-6-13(14)17/h2-3,6-7,20H,4-5,8-12,17H2,1H3. The highest BCUT2D eigenvalue weighted by atomic mass is 16.5. The molecule has 0 atom stereocenters. The van der Waals surface area contributed by atoms with Crippen LogP contribution in [0.15, 0.2) is 24.3 Å². The molecule has 21 heavy (non-hydrogen) atoms. The summed E-state index contributed by atoms with van der Waals surface area (Å²) < 4.78 is 5.52. The van der Waals surface area contributed by atoms with Gasteiger partial charge in [-0.2, -0.15) is 0 Å². The fraction of sp³-hybridized carbons (Fsp3) is 0.562. The normalized spacial score (nSPS) is 16.7. The quantitative estimate of drug-likeness (QED) is 0.784. The lowest BCUT2D eigenvalue weighted by Gasteiger charge is -2.28. The molecular formula is C16H24N2O3. The highest BCUT2D eigenvalue weighted by Gasteiger charge is 2.33. The predicted octanol–water partition coefficient (Wildman–Crippen LogP) is 1.80. The monoisotopic (exact) mass is 292 g/mol. The van der Waals surface area contributed by atoms with Crippen molar-refractivity contribution in [2.45, 2.75) is 37.7 Å². The van der Waals surface area contributed by atoms with Crippen molar-refractivity contribution in [3.05, 3.63) is 24.3 Å². The van der Waals surface area contributed by atoms with E-state index in [9.17, 15) is 9.90 Å². The van der Waals surface area contributed by atoms with Crippen LogP contribution in [0.2, 0.25) is 0 Å². The molecular weight excluding hydrogens is 268 g/mol. The van der Waals surface area contributed by atoms with Gasteiger partial charge in [-0.1, -0.05) is 25.0 Å². The lowest BCUT2D eigenvalue weighted by atomic mass is 10.0. The third-order valence-corrected chi connectivity index (χ3v) is 3.98. The Morgan fingerprint density at radius 2 is 2.05 bits per heavy atom. The summed E-state index contributed by atoms with van der Waals surface area (Å²) in [5, 5.41) is 10.3. The summed E-state index contributed by atoms with van der Waals surface area (Å²) in [5.41, 5.74) is 5.64. The molecule has 1 aromatic rings. The first kappa shape index (κ1) is 15.6. The number of carbonyl (C=O) groups is 1. The van der Waals surface area contributed by atoms with Gasteiger partial charge in [0.15, 0.2) is 0 Å². The first-order valence-corrected chi connectivity index (χ1v) is 7.44. The van der Waals surface area contributed by atoms with Crippen LogP contribution in [0.1, 0.15) is 32.1 Å². The molecule has 1 fully saturated rings. The van der Waals surface area contributed by atoms with Crippen LogP contribution in [0.25, 0.3) is 0 Å². The molecule has 0 unspecified atom stereocenters. The van der Waals surface area contributed by atoms with Crippen LogP contribution < -0.4 is 10.5 Å². The van der Waals surface area contributed by atoms with E-state index in [2.05, 4.69) is 0 Å². The molecule has 1 amide bonds. The second-order valence-electron chi connectivity index (χ2n) is 5.82. The Labute approximate surface area is 125 Å². The zero-order valence-corrected chi connectivity index (χ0v) is 12.5. The minimum Gasteiger partial charge on any atom is -0.491 e. The topological polar surface area (TPSA) is 75.8 Å². The van der Waals surface area contributed by atoms with Crippen LogP contribution in [0, 0.1) is 0 Å². The number of anilines is 1. The van der Waals surface area contributed by atoms with Gasteiger partial charge in [-0.05, 0) is 25.0 Å². The van der Waals surface area contributed by atoms with Crippen molar-refractivity contribution in [3.63, 3.8) is 0 Å². The Bertz CT molecular complexity index is 484. The summed E-state index contributed by atoms with van der Waals surface area (Å²) in [6, 6.07) is 7.22. The number of ether oxygens (including phenoxy) is 1. The highest BCUT2D eigenvalue weighted by Crippen LogP contribution is 2.30. The third-order valence-electron chi connectivity index (χ3n) is 3.98. The summed E-state index contributed by atoms with van der Waals surface area (Å²) in [6.45, 7) is 0.690. The van der Waals surface area contributed by atoms with Gasteiger partial charge in [0, 0.05) is 13.6 Å². The smallest absolute Gasteiger partial charge is 0.225 e. The van der Waals surface area contributed by atoms with E-state index < -0.39 is 5.60 Å². The van der Waals surface area contributed by atoms with E-state index in [0.29, 0.717) is 18.0 Å². The van der Waals surface area contributed by atoms with Crippen LogP contribution >= 0.6 is 0 Å². The molecule has 1 aromatic carbocycles. The lowest BCUT2D eigenvalue weighted by molar-refractivity contribution is -0.133. The average molecular weight is 292 g/mol. The number of nitrogens with zero attached hydrogens (tertiary/aromatic N) is 1. The molecule has 116 valence electrons. The van der Waals surface area contributed by atoms with Crippen molar-refractivity contribution in [2.24, 2.45) is 0 Å². The summed E-state index contributed by atoms with van der Waals surface area (Å²) in [6.07, 6.45) is 3.91. The maximum atomic E-state index is 12.1. The summed E-state index contributed by atoms with van der Waals surface area (Å²) >= 11 is 0. The molecule has 2 rings (SSSR count). The molecule has 5 heteroatoms. The Morgan fingerprint density at radius 3 is 2.71 bits per heavy atom. The minimum atomic E-state index is -0.699. The van der Waals surface area contributed by atoms with E-state index >= 15 is 0 Å². The number of nitrogens with two attached hydrogens (primary N) is 1. The van der Waals surface area contributed by atoms with Crippen LogP contribution in [-0.2, 0) is 4.79 Å². The van der Waals surface area contributed by atoms with E-state index in [0.717, 1.165) is 25.7 Å². The lowest BCUT2D eigenvalue weighted by Crippen LogP contribution is -2.42. The maximum Gasteiger partial charge on any atom is 0.225 e. The molecule has 0 heterocycles. The second kappa shape index (κ2) is 6.80. The zero-order valence-electron chi connectivity index (χ0n) is 12.5. The first-order chi connectivity index (χ1) is 10.0. The molecule has 1 aliphatic rings. The minimum absolute atomic E-state index is 0.0233. The van der Waals surface area contributed by atoms with E-state index in [1.807, 2.05) is 12.1 Å². The largest absolute Gasteiger partial charge is 0.491 e. The molecule has 0 bridgehead atoms. The highest BCUT2D eigenvalue weighted by molar-refractivity contribution is 5.76. The maximum absolute atomic E-state index is 12.1. The molecule has 0 radical (unpaired) electrons. The molecule has 5 nitrogen and oxygen atoms in total. The summed E-state index contributed by atoms with van der Waals surface area (Å²) in [7, 11) is 1.73. The Morgan fingerprint density at radius 1 is 1.38 bits per heavy atom. The van der Waals surface area contributed by atoms with Gasteiger partial charge in [-0.3, -0.25) is 4.79 Å². The van der Waals surface area contributed by atoms with Crippen LogP contribution in [0.5, 0.6) is 5.75 Å².